The number of oxazole rings is 2. The molecule has 12 heteroatoms. The molecule has 2 aliphatic rings. The van der Waals surface area contributed by atoms with Crippen LogP contribution in [0.2, 0.25) is 0 Å². The summed E-state index contributed by atoms with van der Waals surface area (Å²) in [7, 11) is 3.25. The molecular formula is C35H45ClN2O9. The predicted molar refractivity (Wildman–Crippen MR) is 176 cm³/mol. The van der Waals surface area contributed by atoms with E-state index in [0.29, 0.717) is 35.6 Å². The van der Waals surface area contributed by atoms with Gasteiger partial charge in [-0.15, -0.1) is 11.6 Å². The number of benzene rings is 2. The summed E-state index contributed by atoms with van der Waals surface area (Å²) in [5.41, 5.74) is 3.02. The van der Waals surface area contributed by atoms with Crippen molar-refractivity contribution >= 4 is 11.6 Å². The molecule has 2 saturated heterocycles. The van der Waals surface area contributed by atoms with Crippen LogP contribution in [-0.4, -0.2) is 55.1 Å². The molecule has 11 nitrogen and oxygen atoms in total. The van der Waals surface area contributed by atoms with Gasteiger partial charge in [0.2, 0.25) is 11.8 Å². The number of hydrogen-bond donors (Lipinski definition) is 1. The van der Waals surface area contributed by atoms with Crippen LogP contribution < -0.4 is 9.47 Å². The number of halogens is 1. The Labute approximate surface area is 281 Å². The Kier molecular flexibility index (Phi) is 14.5. The van der Waals surface area contributed by atoms with Crippen LogP contribution in [0.1, 0.15) is 68.9 Å². The van der Waals surface area contributed by atoms with Gasteiger partial charge in [-0.1, -0.05) is 7.43 Å². The summed E-state index contributed by atoms with van der Waals surface area (Å²) in [5, 5.41) is 9.46. The summed E-state index contributed by atoms with van der Waals surface area (Å²) < 4.78 is 44.3. The summed E-state index contributed by atoms with van der Waals surface area (Å²) in [6.45, 7) is 1.87. The molecule has 2 atom stereocenters. The summed E-state index contributed by atoms with van der Waals surface area (Å²) in [4.78, 5) is 8.96. The fraction of sp³-hybridized carbons (Fsp3) is 0.486. The maximum atomic E-state index is 9.46. The van der Waals surface area contributed by atoms with Crippen molar-refractivity contribution in [2.45, 2.75) is 84.2 Å². The molecule has 256 valence electrons. The Morgan fingerprint density at radius 1 is 0.702 bits per heavy atom. The number of aliphatic hydroxyl groups excluding tert-OH is 1. The minimum absolute atomic E-state index is 0. The average molecular weight is 673 g/mol. The summed E-state index contributed by atoms with van der Waals surface area (Å²) in [5.74, 6) is 3.86. The zero-order valence-electron chi connectivity index (χ0n) is 26.2. The highest BCUT2D eigenvalue weighted by Crippen LogP contribution is 2.28. The lowest BCUT2D eigenvalue weighted by atomic mass is 10.2. The van der Waals surface area contributed by atoms with Gasteiger partial charge in [0.25, 0.3) is 0 Å². The highest BCUT2D eigenvalue weighted by atomic mass is 35.5. The van der Waals surface area contributed by atoms with Crippen LogP contribution in [0.4, 0.5) is 0 Å². The first-order valence-electron chi connectivity index (χ1n) is 15.5. The minimum atomic E-state index is -0.215. The average Bonchev–Trinajstić information content (AvgIpc) is 3.75. The van der Waals surface area contributed by atoms with E-state index >= 15 is 0 Å². The van der Waals surface area contributed by atoms with Crippen molar-refractivity contribution in [3.63, 3.8) is 0 Å². The van der Waals surface area contributed by atoms with E-state index in [9.17, 15) is 5.11 Å². The van der Waals surface area contributed by atoms with Gasteiger partial charge in [-0.2, -0.15) is 0 Å². The molecule has 0 saturated carbocycles. The smallest absolute Gasteiger partial charge is 0.226 e. The number of aromatic nitrogens is 2. The zero-order chi connectivity index (χ0) is 32.1. The maximum Gasteiger partial charge on any atom is 0.226 e. The molecular weight excluding hydrogens is 628 g/mol. The second kappa shape index (κ2) is 18.8. The van der Waals surface area contributed by atoms with Gasteiger partial charge in [-0.25, -0.2) is 9.97 Å². The first kappa shape index (κ1) is 36.4. The number of aliphatic hydroxyl groups is 1. The molecule has 2 fully saturated rings. The van der Waals surface area contributed by atoms with E-state index in [1.165, 1.54) is 0 Å². The Balaban J connectivity index is 0.000000208. The predicted octanol–water partition coefficient (Wildman–Crippen LogP) is 7.65. The summed E-state index contributed by atoms with van der Waals surface area (Å²) in [6, 6.07) is 14.9. The van der Waals surface area contributed by atoms with Crippen molar-refractivity contribution < 1.29 is 42.4 Å². The lowest BCUT2D eigenvalue weighted by molar-refractivity contribution is -0.169. The number of hydrogen-bond acceptors (Lipinski definition) is 11. The Morgan fingerprint density at radius 2 is 1.15 bits per heavy atom. The van der Waals surface area contributed by atoms with Gasteiger partial charge >= 0.3 is 0 Å². The first-order chi connectivity index (χ1) is 22.6. The highest BCUT2D eigenvalue weighted by Gasteiger charge is 2.20. The molecule has 4 aromatic rings. The maximum absolute atomic E-state index is 9.46. The second-order valence-corrected chi connectivity index (χ2v) is 11.0. The number of rotatable bonds is 12. The van der Waals surface area contributed by atoms with Crippen molar-refractivity contribution in [2.24, 2.45) is 0 Å². The monoisotopic (exact) mass is 672 g/mol. The molecule has 0 aliphatic carbocycles. The van der Waals surface area contributed by atoms with Gasteiger partial charge in [0.05, 0.1) is 33.3 Å². The third-order valence-corrected chi connectivity index (χ3v) is 7.83. The molecule has 4 heterocycles. The molecule has 47 heavy (non-hydrogen) atoms. The van der Waals surface area contributed by atoms with Crippen LogP contribution in [0.3, 0.4) is 0 Å². The van der Waals surface area contributed by atoms with Crippen molar-refractivity contribution in [3.8, 4) is 34.4 Å². The van der Waals surface area contributed by atoms with Crippen LogP contribution in [0.25, 0.3) is 22.9 Å². The number of alkyl halides is 1. The molecule has 2 unspecified atom stereocenters. The standard InChI is InChI=1S/C17H20ClNO4.C17H21NO5.CH4/c1-20-13-7-5-12(6-8-13)17-19-14(15(10-18)23-17)11-22-16-4-2-3-9-21-16;1-20-13-7-5-12(6-8-13)17-18-14(15(10-19)23-17)11-22-16-4-2-3-9-21-16;/h5-8,16H,2-4,9-11H2,1H3;5-8,16,19H,2-4,9-11H2,1H3;1H4. The lowest BCUT2D eigenvalue weighted by Gasteiger charge is -2.22. The third kappa shape index (κ3) is 10.3. The van der Waals surface area contributed by atoms with E-state index in [2.05, 4.69) is 9.97 Å². The Morgan fingerprint density at radius 3 is 1.53 bits per heavy atom. The van der Waals surface area contributed by atoms with Crippen LogP contribution in [0, 0.1) is 0 Å². The fourth-order valence-corrected chi connectivity index (χ4v) is 5.17. The second-order valence-electron chi connectivity index (χ2n) is 10.7. The largest absolute Gasteiger partial charge is 0.497 e. The van der Waals surface area contributed by atoms with Crippen molar-refractivity contribution in [1.82, 2.24) is 9.97 Å². The first-order valence-corrected chi connectivity index (χ1v) is 16.0. The Hall–Kier alpha value is -3.45. The van der Waals surface area contributed by atoms with Crippen LogP contribution in [0.5, 0.6) is 11.5 Å². The van der Waals surface area contributed by atoms with E-state index in [4.69, 9.17) is 48.9 Å². The van der Waals surface area contributed by atoms with Gasteiger partial charge in [-0.05, 0) is 87.1 Å². The summed E-state index contributed by atoms with van der Waals surface area (Å²) >= 11 is 5.96. The molecule has 2 aromatic carbocycles. The SMILES string of the molecule is C.COc1ccc(-c2nc(COC3CCCCO3)c(CCl)o2)cc1.COc1ccc(-c2nc(COC3CCCCO3)c(CO)o2)cc1. The van der Waals surface area contributed by atoms with E-state index in [0.717, 1.165) is 80.1 Å². The van der Waals surface area contributed by atoms with Crippen molar-refractivity contribution in [2.75, 3.05) is 27.4 Å². The normalized spacial score (nSPS) is 17.7. The molecule has 0 spiro atoms. The minimum Gasteiger partial charge on any atom is -0.497 e. The van der Waals surface area contributed by atoms with Crippen LogP contribution in [0.15, 0.2) is 57.4 Å². The highest BCUT2D eigenvalue weighted by molar-refractivity contribution is 6.16. The van der Waals surface area contributed by atoms with Gasteiger partial charge in [0.1, 0.15) is 35.3 Å². The Bertz CT molecular complexity index is 1350. The number of ether oxygens (including phenoxy) is 6. The molecule has 2 aromatic heterocycles. The number of nitrogens with zero attached hydrogens (tertiary/aromatic N) is 2. The van der Waals surface area contributed by atoms with E-state index in [1.807, 2.05) is 48.5 Å². The van der Waals surface area contributed by atoms with E-state index in [1.54, 1.807) is 14.2 Å². The summed E-state index contributed by atoms with van der Waals surface area (Å²) in [6.07, 6.45) is 5.85. The lowest BCUT2D eigenvalue weighted by Crippen LogP contribution is -2.22. The molecule has 0 amide bonds. The van der Waals surface area contributed by atoms with Gasteiger partial charge < -0.3 is 42.4 Å². The van der Waals surface area contributed by atoms with Gasteiger partial charge in [0, 0.05) is 24.3 Å². The van der Waals surface area contributed by atoms with Gasteiger partial charge in [0.15, 0.2) is 18.3 Å². The van der Waals surface area contributed by atoms with Gasteiger partial charge in [-0.3, -0.25) is 0 Å². The van der Waals surface area contributed by atoms with Crippen molar-refractivity contribution in [3.05, 3.63) is 71.4 Å². The zero-order valence-corrected chi connectivity index (χ0v) is 27.0. The fourth-order valence-electron chi connectivity index (χ4n) is 4.96. The third-order valence-electron chi connectivity index (χ3n) is 7.58. The number of methoxy groups -OCH3 is 2. The van der Waals surface area contributed by atoms with Crippen LogP contribution in [-0.2, 0) is 44.6 Å². The van der Waals surface area contributed by atoms with E-state index < -0.39 is 0 Å². The molecule has 2 aliphatic heterocycles. The molecule has 0 bridgehead atoms. The molecule has 6 rings (SSSR count). The quantitative estimate of drug-likeness (QED) is 0.149. The molecule has 1 N–H and O–H groups in total. The molecule has 0 radical (unpaired) electrons. The van der Waals surface area contributed by atoms with Crippen molar-refractivity contribution in [1.29, 1.82) is 0 Å². The topological polar surface area (TPSA) is 128 Å². The van der Waals surface area contributed by atoms with Crippen LogP contribution >= 0.6 is 11.6 Å². The van der Waals surface area contributed by atoms with E-state index in [-0.39, 0.29) is 39.1 Å².